The second-order valence-corrected chi connectivity index (χ2v) is 4.51. The lowest BCUT2D eigenvalue weighted by Crippen LogP contribution is -2.37. The van der Waals surface area contributed by atoms with E-state index in [0.29, 0.717) is 5.82 Å². The van der Waals surface area contributed by atoms with Gasteiger partial charge in [0.1, 0.15) is 5.82 Å². The molecule has 7 nitrogen and oxygen atoms in total. The fraction of sp³-hybridized carbons (Fsp3) is 0.615. The van der Waals surface area contributed by atoms with Crippen LogP contribution in [-0.4, -0.2) is 67.3 Å². The summed E-state index contributed by atoms with van der Waals surface area (Å²) < 4.78 is 9.87. The summed E-state index contributed by atoms with van der Waals surface area (Å²) in [5, 5.41) is 3.18. The minimum Gasteiger partial charge on any atom is -0.464 e. The standard InChI is InChI=1S/C13H20N4O3/c1-19-13(18)11-9-16-12(10-15-11)14-3-2-4-17-5-7-20-8-6-17/h9-10H,2-8H2,1H3,(H,14,16). The van der Waals surface area contributed by atoms with Gasteiger partial charge in [-0.15, -0.1) is 0 Å². The number of rotatable bonds is 6. The summed E-state index contributed by atoms with van der Waals surface area (Å²) in [4.78, 5) is 21.7. The first-order valence-electron chi connectivity index (χ1n) is 6.74. The van der Waals surface area contributed by atoms with Crippen LogP contribution in [0.4, 0.5) is 5.82 Å². The summed E-state index contributed by atoms with van der Waals surface area (Å²) >= 11 is 0. The predicted octanol–water partition coefficient (Wildman–Crippen LogP) is 0.397. The van der Waals surface area contributed by atoms with Crippen molar-refractivity contribution in [3.05, 3.63) is 18.1 Å². The number of aromatic nitrogens is 2. The molecule has 0 aliphatic carbocycles. The number of hydrogen-bond donors (Lipinski definition) is 1. The monoisotopic (exact) mass is 280 g/mol. The van der Waals surface area contributed by atoms with Crippen LogP contribution in [0.3, 0.4) is 0 Å². The number of anilines is 1. The quantitative estimate of drug-likeness (QED) is 0.597. The molecule has 0 unspecified atom stereocenters. The van der Waals surface area contributed by atoms with E-state index in [1.54, 1.807) is 6.20 Å². The maximum absolute atomic E-state index is 11.2. The fourth-order valence-electron chi connectivity index (χ4n) is 1.97. The van der Waals surface area contributed by atoms with Gasteiger partial charge in [0.05, 0.1) is 32.7 Å². The van der Waals surface area contributed by atoms with Gasteiger partial charge in [0.15, 0.2) is 5.69 Å². The highest BCUT2D eigenvalue weighted by molar-refractivity contribution is 5.86. The second kappa shape index (κ2) is 7.76. The molecule has 1 aromatic heterocycles. The molecular weight excluding hydrogens is 260 g/mol. The molecule has 1 N–H and O–H groups in total. The SMILES string of the molecule is COC(=O)c1cnc(NCCCN2CCOCC2)cn1. The first kappa shape index (κ1) is 14.7. The molecule has 1 aliphatic rings. The summed E-state index contributed by atoms with van der Waals surface area (Å²) in [5.74, 6) is 0.191. The number of methoxy groups -OCH3 is 1. The van der Waals surface area contributed by atoms with Gasteiger partial charge in [-0.1, -0.05) is 0 Å². The molecule has 1 aliphatic heterocycles. The van der Waals surface area contributed by atoms with Crippen molar-refractivity contribution >= 4 is 11.8 Å². The molecule has 2 heterocycles. The summed E-state index contributed by atoms with van der Waals surface area (Å²) in [5.41, 5.74) is 0.214. The molecule has 0 saturated carbocycles. The fourth-order valence-corrected chi connectivity index (χ4v) is 1.97. The molecule has 0 atom stereocenters. The largest absolute Gasteiger partial charge is 0.464 e. The van der Waals surface area contributed by atoms with Crippen LogP contribution in [0.2, 0.25) is 0 Å². The molecule has 1 saturated heterocycles. The van der Waals surface area contributed by atoms with Gasteiger partial charge >= 0.3 is 5.97 Å². The van der Waals surface area contributed by atoms with Gasteiger partial charge in [-0.3, -0.25) is 4.90 Å². The Morgan fingerprint density at radius 1 is 1.40 bits per heavy atom. The Morgan fingerprint density at radius 2 is 2.20 bits per heavy atom. The molecule has 7 heteroatoms. The average molecular weight is 280 g/mol. The van der Waals surface area contributed by atoms with Crippen LogP contribution < -0.4 is 5.32 Å². The lowest BCUT2D eigenvalue weighted by Gasteiger charge is -2.26. The van der Waals surface area contributed by atoms with Crippen molar-refractivity contribution < 1.29 is 14.3 Å². The van der Waals surface area contributed by atoms with E-state index in [0.717, 1.165) is 45.8 Å². The van der Waals surface area contributed by atoms with Crippen molar-refractivity contribution in [2.45, 2.75) is 6.42 Å². The molecule has 1 aromatic rings. The van der Waals surface area contributed by atoms with E-state index in [-0.39, 0.29) is 5.69 Å². The molecule has 0 radical (unpaired) electrons. The van der Waals surface area contributed by atoms with Crippen molar-refractivity contribution in [2.24, 2.45) is 0 Å². The van der Waals surface area contributed by atoms with Crippen molar-refractivity contribution in [2.75, 3.05) is 51.8 Å². The van der Waals surface area contributed by atoms with Gasteiger partial charge in [0.2, 0.25) is 0 Å². The third-order valence-corrected chi connectivity index (χ3v) is 3.11. The zero-order valence-corrected chi connectivity index (χ0v) is 11.7. The van der Waals surface area contributed by atoms with Crippen LogP contribution in [0.1, 0.15) is 16.9 Å². The molecule has 20 heavy (non-hydrogen) atoms. The Labute approximate surface area is 118 Å². The smallest absolute Gasteiger partial charge is 0.358 e. The molecule has 110 valence electrons. The van der Waals surface area contributed by atoms with Crippen LogP contribution >= 0.6 is 0 Å². The Hall–Kier alpha value is -1.73. The van der Waals surface area contributed by atoms with E-state index in [2.05, 4.69) is 24.9 Å². The molecule has 1 fully saturated rings. The number of hydrogen-bond acceptors (Lipinski definition) is 7. The van der Waals surface area contributed by atoms with Gasteiger partial charge < -0.3 is 14.8 Å². The molecule has 0 bridgehead atoms. The number of morpholine rings is 1. The maximum atomic E-state index is 11.2. The average Bonchev–Trinajstić information content (AvgIpc) is 2.52. The summed E-state index contributed by atoms with van der Waals surface area (Å²) in [6, 6.07) is 0. The normalized spacial score (nSPS) is 15.8. The topological polar surface area (TPSA) is 76.6 Å². The number of carbonyl (C=O) groups is 1. The van der Waals surface area contributed by atoms with Gasteiger partial charge in [0, 0.05) is 19.6 Å². The van der Waals surface area contributed by atoms with Crippen molar-refractivity contribution in [1.29, 1.82) is 0 Å². The summed E-state index contributed by atoms with van der Waals surface area (Å²) in [6.07, 6.45) is 3.98. The third-order valence-electron chi connectivity index (χ3n) is 3.11. The highest BCUT2D eigenvalue weighted by Crippen LogP contribution is 2.03. The van der Waals surface area contributed by atoms with Gasteiger partial charge in [-0.25, -0.2) is 14.8 Å². The lowest BCUT2D eigenvalue weighted by atomic mass is 10.3. The van der Waals surface area contributed by atoms with E-state index in [9.17, 15) is 4.79 Å². The Morgan fingerprint density at radius 3 is 2.85 bits per heavy atom. The van der Waals surface area contributed by atoms with E-state index in [4.69, 9.17) is 4.74 Å². The van der Waals surface area contributed by atoms with Gasteiger partial charge in [-0.05, 0) is 13.0 Å². The van der Waals surface area contributed by atoms with Crippen molar-refractivity contribution in [3.8, 4) is 0 Å². The molecule has 0 aromatic carbocycles. The number of ether oxygens (including phenoxy) is 2. The molecular formula is C13H20N4O3. The number of carbonyl (C=O) groups excluding carboxylic acids is 1. The Balaban J connectivity index is 1.67. The van der Waals surface area contributed by atoms with Crippen LogP contribution in [-0.2, 0) is 9.47 Å². The zero-order chi connectivity index (χ0) is 14.2. The van der Waals surface area contributed by atoms with E-state index < -0.39 is 5.97 Å². The Kier molecular flexibility index (Phi) is 5.69. The third kappa shape index (κ3) is 4.43. The Bertz CT molecular complexity index is 418. The second-order valence-electron chi connectivity index (χ2n) is 4.51. The number of esters is 1. The predicted molar refractivity (Wildman–Crippen MR) is 73.7 cm³/mol. The highest BCUT2D eigenvalue weighted by Gasteiger charge is 2.09. The molecule has 0 spiro atoms. The van der Waals surface area contributed by atoms with E-state index in [1.807, 2.05) is 0 Å². The van der Waals surface area contributed by atoms with Crippen molar-refractivity contribution in [3.63, 3.8) is 0 Å². The molecule has 2 rings (SSSR count). The first-order valence-corrected chi connectivity index (χ1v) is 6.74. The maximum Gasteiger partial charge on any atom is 0.358 e. The van der Waals surface area contributed by atoms with Crippen LogP contribution in [0.15, 0.2) is 12.4 Å². The number of nitrogens with zero attached hydrogens (tertiary/aromatic N) is 3. The highest BCUT2D eigenvalue weighted by atomic mass is 16.5. The zero-order valence-electron chi connectivity index (χ0n) is 11.7. The van der Waals surface area contributed by atoms with Gasteiger partial charge in [-0.2, -0.15) is 0 Å². The van der Waals surface area contributed by atoms with Crippen LogP contribution in [0.25, 0.3) is 0 Å². The van der Waals surface area contributed by atoms with Crippen LogP contribution in [0, 0.1) is 0 Å². The minimum absolute atomic E-state index is 0.214. The van der Waals surface area contributed by atoms with E-state index >= 15 is 0 Å². The summed E-state index contributed by atoms with van der Waals surface area (Å²) in [7, 11) is 1.32. The van der Waals surface area contributed by atoms with Crippen molar-refractivity contribution in [1.82, 2.24) is 14.9 Å². The van der Waals surface area contributed by atoms with Crippen LogP contribution in [0.5, 0.6) is 0 Å². The van der Waals surface area contributed by atoms with Gasteiger partial charge in [0.25, 0.3) is 0 Å². The summed E-state index contributed by atoms with van der Waals surface area (Å²) in [6.45, 7) is 5.54. The minimum atomic E-state index is -0.476. The van der Waals surface area contributed by atoms with E-state index in [1.165, 1.54) is 13.3 Å². The number of nitrogens with one attached hydrogen (secondary N) is 1. The molecule has 0 amide bonds. The lowest BCUT2D eigenvalue weighted by molar-refractivity contribution is 0.0378. The first-order chi connectivity index (χ1) is 9.79.